The van der Waals surface area contributed by atoms with Gasteiger partial charge in [0.2, 0.25) is 0 Å². The molecule has 9 nitrogen and oxygen atoms in total. The summed E-state index contributed by atoms with van der Waals surface area (Å²) >= 11 is 12.9. The van der Waals surface area contributed by atoms with E-state index in [4.69, 9.17) is 33.0 Å². The number of ether oxygens (including phenoxy) is 1. The zero-order valence-electron chi connectivity index (χ0n) is 15.4. The number of carbonyl (C=O) groups is 3. The summed E-state index contributed by atoms with van der Waals surface area (Å²) < 4.78 is 5.04. The highest BCUT2D eigenvalue weighted by molar-refractivity contribution is 8.18. The number of rotatable bonds is 7. The molecule has 1 aliphatic rings. The predicted molar refractivity (Wildman–Crippen MR) is 114 cm³/mol. The highest BCUT2D eigenvalue weighted by atomic mass is 35.5. The number of halogens is 2. The lowest BCUT2D eigenvalue weighted by molar-refractivity contribution is -0.384. The number of benzene rings is 2. The first kappa shape index (κ1) is 22.6. The maximum absolute atomic E-state index is 12.7. The maximum Gasteiger partial charge on any atom is 0.341 e. The molecule has 1 saturated heterocycles. The summed E-state index contributed by atoms with van der Waals surface area (Å²) in [4.78, 5) is 47.0. The fraction of sp³-hybridized carbons (Fsp3) is 0.105. The Morgan fingerprint density at radius 1 is 1.19 bits per heavy atom. The third kappa shape index (κ3) is 5.35. The Balaban J connectivity index is 1.78. The molecule has 1 heterocycles. The molecule has 160 valence electrons. The van der Waals surface area contributed by atoms with Crippen LogP contribution in [0.1, 0.15) is 11.1 Å². The number of non-ortho nitro benzene ring substituents is 1. The van der Waals surface area contributed by atoms with Crippen LogP contribution in [0.15, 0.2) is 41.3 Å². The number of nitro benzene ring substituents is 1. The molecule has 0 atom stereocenters. The van der Waals surface area contributed by atoms with E-state index in [0.717, 1.165) is 16.7 Å². The van der Waals surface area contributed by atoms with Crippen molar-refractivity contribution in [1.82, 2.24) is 4.90 Å². The Morgan fingerprint density at radius 2 is 1.81 bits per heavy atom. The summed E-state index contributed by atoms with van der Waals surface area (Å²) in [5, 5.41) is 19.0. The van der Waals surface area contributed by atoms with Crippen LogP contribution in [-0.2, 0) is 16.1 Å². The topological polar surface area (TPSA) is 127 Å². The third-order valence-electron chi connectivity index (χ3n) is 4.02. The molecule has 2 amide bonds. The number of nitrogens with zero attached hydrogens (tertiary/aromatic N) is 2. The van der Waals surface area contributed by atoms with Crippen molar-refractivity contribution in [2.75, 3.05) is 6.61 Å². The van der Waals surface area contributed by atoms with Crippen molar-refractivity contribution in [3.63, 3.8) is 0 Å². The highest BCUT2D eigenvalue weighted by Gasteiger charge is 2.35. The van der Waals surface area contributed by atoms with Crippen LogP contribution in [-0.4, -0.2) is 38.7 Å². The van der Waals surface area contributed by atoms with Gasteiger partial charge in [0.15, 0.2) is 12.4 Å². The SMILES string of the molecule is O=C(O)COc1c(Cl)cc(/C=C2\SC(=O)N(Cc3ccc([N+](=O)[O-])cc3)C2=O)cc1Cl. The van der Waals surface area contributed by atoms with Gasteiger partial charge in [-0.1, -0.05) is 35.3 Å². The van der Waals surface area contributed by atoms with Crippen LogP contribution < -0.4 is 4.74 Å². The van der Waals surface area contributed by atoms with Gasteiger partial charge < -0.3 is 9.84 Å². The van der Waals surface area contributed by atoms with Crippen molar-refractivity contribution in [3.05, 3.63) is 72.6 Å². The zero-order valence-corrected chi connectivity index (χ0v) is 17.7. The van der Waals surface area contributed by atoms with Crippen molar-refractivity contribution < 1.29 is 29.2 Å². The van der Waals surface area contributed by atoms with Crippen molar-refractivity contribution in [1.29, 1.82) is 0 Å². The molecule has 1 fully saturated rings. The molecule has 2 aromatic carbocycles. The monoisotopic (exact) mass is 482 g/mol. The van der Waals surface area contributed by atoms with Gasteiger partial charge in [-0.15, -0.1) is 0 Å². The van der Waals surface area contributed by atoms with Crippen LogP contribution in [0.2, 0.25) is 10.0 Å². The number of carbonyl (C=O) groups excluding carboxylic acids is 2. The van der Waals surface area contributed by atoms with E-state index in [0.29, 0.717) is 11.1 Å². The quantitative estimate of drug-likeness (QED) is 0.344. The minimum atomic E-state index is -1.20. The number of hydrogen-bond acceptors (Lipinski definition) is 7. The standard InChI is InChI=1S/C19H12Cl2N2O7S/c20-13-5-11(6-14(21)17(13)30-9-16(24)25)7-15-18(26)22(19(27)31-15)8-10-1-3-12(4-2-10)23(28)29/h1-7H,8-9H2,(H,24,25)/b15-7-. The second-order valence-electron chi connectivity index (χ2n) is 6.19. The van der Waals surface area contributed by atoms with Gasteiger partial charge >= 0.3 is 5.97 Å². The van der Waals surface area contributed by atoms with E-state index in [1.54, 1.807) is 0 Å². The Morgan fingerprint density at radius 3 is 2.35 bits per heavy atom. The van der Waals surface area contributed by atoms with E-state index in [2.05, 4.69) is 0 Å². The number of carboxylic acids is 1. The number of thioether (sulfide) groups is 1. The van der Waals surface area contributed by atoms with E-state index < -0.39 is 28.6 Å². The Kier molecular flexibility index (Phi) is 6.84. The molecule has 0 spiro atoms. The van der Waals surface area contributed by atoms with E-state index in [9.17, 15) is 24.5 Å². The predicted octanol–water partition coefficient (Wildman–Crippen LogP) is 4.60. The molecule has 0 unspecified atom stereocenters. The van der Waals surface area contributed by atoms with E-state index >= 15 is 0 Å². The second-order valence-corrected chi connectivity index (χ2v) is 8.00. The minimum absolute atomic E-state index is 0.00541. The maximum atomic E-state index is 12.7. The van der Waals surface area contributed by atoms with Gasteiger partial charge in [-0.2, -0.15) is 0 Å². The molecule has 3 rings (SSSR count). The van der Waals surface area contributed by atoms with Gasteiger partial charge in [-0.3, -0.25) is 24.6 Å². The molecule has 0 radical (unpaired) electrons. The molecule has 1 aliphatic heterocycles. The fourth-order valence-corrected chi connectivity index (χ4v) is 4.08. The first-order chi connectivity index (χ1) is 14.7. The first-order valence-corrected chi connectivity index (χ1v) is 10.1. The first-order valence-electron chi connectivity index (χ1n) is 8.48. The van der Waals surface area contributed by atoms with Crippen molar-refractivity contribution >= 4 is 63.8 Å². The summed E-state index contributed by atoms with van der Waals surface area (Å²) in [6.07, 6.45) is 1.43. The van der Waals surface area contributed by atoms with E-state index in [-0.39, 0.29) is 32.9 Å². The van der Waals surface area contributed by atoms with Crippen molar-refractivity contribution in [3.8, 4) is 5.75 Å². The molecular formula is C19H12Cl2N2O7S. The van der Waals surface area contributed by atoms with Crippen LogP contribution in [0.3, 0.4) is 0 Å². The number of nitro groups is 1. The molecule has 2 aromatic rings. The third-order valence-corrected chi connectivity index (χ3v) is 5.49. The van der Waals surface area contributed by atoms with Crippen LogP contribution >= 0.6 is 35.0 Å². The normalized spacial score (nSPS) is 14.9. The number of imide groups is 1. The van der Waals surface area contributed by atoms with Gasteiger partial charge in [0, 0.05) is 12.1 Å². The molecule has 12 heteroatoms. The summed E-state index contributed by atoms with van der Waals surface area (Å²) in [7, 11) is 0. The number of amides is 2. The molecule has 0 bridgehead atoms. The van der Waals surface area contributed by atoms with Crippen LogP contribution in [0, 0.1) is 10.1 Å². The number of carboxylic acid groups (broad SMARTS) is 1. The molecular weight excluding hydrogens is 471 g/mol. The Hall–Kier alpha value is -3.08. The van der Waals surface area contributed by atoms with Gasteiger partial charge in [0.05, 0.1) is 26.4 Å². The summed E-state index contributed by atoms with van der Waals surface area (Å²) in [6.45, 7) is -0.663. The number of hydrogen-bond donors (Lipinski definition) is 1. The average Bonchev–Trinajstić information content (AvgIpc) is 2.95. The number of aliphatic carboxylic acids is 1. The van der Waals surface area contributed by atoms with Crippen LogP contribution in [0.4, 0.5) is 10.5 Å². The van der Waals surface area contributed by atoms with Crippen molar-refractivity contribution in [2.24, 2.45) is 0 Å². The van der Waals surface area contributed by atoms with Gasteiger partial charge in [0.25, 0.3) is 16.8 Å². The molecule has 0 aromatic heterocycles. The van der Waals surface area contributed by atoms with Gasteiger partial charge in [0.1, 0.15) is 0 Å². The van der Waals surface area contributed by atoms with Crippen LogP contribution in [0.5, 0.6) is 5.75 Å². The lowest BCUT2D eigenvalue weighted by Crippen LogP contribution is -2.27. The molecule has 31 heavy (non-hydrogen) atoms. The lowest BCUT2D eigenvalue weighted by atomic mass is 10.2. The van der Waals surface area contributed by atoms with Crippen molar-refractivity contribution in [2.45, 2.75) is 6.54 Å². The highest BCUT2D eigenvalue weighted by Crippen LogP contribution is 2.37. The largest absolute Gasteiger partial charge is 0.479 e. The Bertz CT molecular complexity index is 1100. The van der Waals surface area contributed by atoms with Gasteiger partial charge in [-0.05, 0) is 41.1 Å². The molecule has 1 N–H and O–H groups in total. The fourth-order valence-electron chi connectivity index (χ4n) is 2.63. The summed E-state index contributed by atoms with van der Waals surface area (Å²) in [5.74, 6) is -1.74. The van der Waals surface area contributed by atoms with Gasteiger partial charge in [-0.25, -0.2) is 4.79 Å². The summed E-state index contributed by atoms with van der Waals surface area (Å²) in [5.41, 5.74) is 0.876. The second kappa shape index (κ2) is 9.38. The smallest absolute Gasteiger partial charge is 0.341 e. The molecule has 0 aliphatic carbocycles. The average molecular weight is 483 g/mol. The van der Waals surface area contributed by atoms with Crippen LogP contribution in [0.25, 0.3) is 6.08 Å². The minimum Gasteiger partial charge on any atom is -0.479 e. The molecule has 0 saturated carbocycles. The van der Waals surface area contributed by atoms with E-state index in [1.165, 1.54) is 42.5 Å². The Labute approximate surface area is 189 Å². The van der Waals surface area contributed by atoms with E-state index in [1.807, 2.05) is 0 Å². The summed E-state index contributed by atoms with van der Waals surface area (Å²) in [6, 6.07) is 8.38. The lowest BCUT2D eigenvalue weighted by Gasteiger charge is -2.12. The zero-order chi connectivity index (χ0) is 22.7.